The van der Waals surface area contributed by atoms with Gasteiger partial charge in [0.2, 0.25) is 0 Å². The standard InChI is InChI=1S/C11H24N2O2/c1-11(2,3)15-10(14)13(4)9-7-5-6-8-12/h5-9,12H2,1-4H3. The summed E-state index contributed by atoms with van der Waals surface area (Å²) in [5.74, 6) is 0. The van der Waals surface area contributed by atoms with Crippen molar-refractivity contribution in [3.05, 3.63) is 0 Å². The van der Waals surface area contributed by atoms with Gasteiger partial charge in [0.25, 0.3) is 0 Å². The van der Waals surface area contributed by atoms with Gasteiger partial charge in [-0.1, -0.05) is 6.42 Å². The molecule has 0 fully saturated rings. The largest absolute Gasteiger partial charge is 0.444 e. The highest BCUT2D eigenvalue weighted by Crippen LogP contribution is 2.09. The first-order valence-corrected chi connectivity index (χ1v) is 5.51. The molecule has 0 saturated heterocycles. The second-order valence-corrected chi connectivity index (χ2v) is 4.75. The van der Waals surface area contributed by atoms with Crippen LogP contribution in [0.2, 0.25) is 0 Å². The summed E-state index contributed by atoms with van der Waals surface area (Å²) in [7, 11) is 1.76. The molecule has 0 aliphatic carbocycles. The van der Waals surface area contributed by atoms with Gasteiger partial charge in [0, 0.05) is 13.6 Å². The molecule has 2 N–H and O–H groups in total. The molecule has 0 atom stereocenters. The first-order chi connectivity index (χ1) is 6.87. The van der Waals surface area contributed by atoms with E-state index in [1.165, 1.54) is 0 Å². The molecular weight excluding hydrogens is 192 g/mol. The molecule has 0 aromatic rings. The molecule has 1 amide bonds. The smallest absolute Gasteiger partial charge is 0.410 e. The Morgan fingerprint density at radius 1 is 1.27 bits per heavy atom. The number of hydrogen-bond acceptors (Lipinski definition) is 3. The second-order valence-electron chi connectivity index (χ2n) is 4.75. The van der Waals surface area contributed by atoms with Crippen LogP contribution in [0, 0.1) is 0 Å². The molecule has 0 radical (unpaired) electrons. The van der Waals surface area contributed by atoms with E-state index in [2.05, 4.69) is 0 Å². The zero-order valence-corrected chi connectivity index (χ0v) is 10.4. The van der Waals surface area contributed by atoms with Gasteiger partial charge in [-0.25, -0.2) is 4.79 Å². The quantitative estimate of drug-likeness (QED) is 0.715. The maximum Gasteiger partial charge on any atom is 0.410 e. The van der Waals surface area contributed by atoms with E-state index in [-0.39, 0.29) is 6.09 Å². The van der Waals surface area contributed by atoms with Crippen molar-refractivity contribution in [2.45, 2.75) is 45.6 Å². The third-order valence-electron chi connectivity index (χ3n) is 1.90. The Hall–Kier alpha value is -0.770. The monoisotopic (exact) mass is 216 g/mol. The van der Waals surface area contributed by atoms with Gasteiger partial charge in [-0.05, 0) is 40.2 Å². The average molecular weight is 216 g/mol. The lowest BCUT2D eigenvalue weighted by Gasteiger charge is -2.24. The second kappa shape index (κ2) is 6.67. The minimum atomic E-state index is -0.414. The van der Waals surface area contributed by atoms with Crippen LogP contribution in [0.15, 0.2) is 0 Å². The van der Waals surface area contributed by atoms with E-state index in [4.69, 9.17) is 10.5 Å². The van der Waals surface area contributed by atoms with E-state index in [1.54, 1.807) is 11.9 Å². The molecule has 90 valence electrons. The van der Waals surface area contributed by atoms with Crippen LogP contribution in [0.4, 0.5) is 4.79 Å². The Morgan fingerprint density at radius 3 is 2.33 bits per heavy atom. The first-order valence-electron chi connectivity index (χ1n) is 5.51. The number of ether oxygens (including phenoxy) is 1. The van der Waals surface area contributed by atoms with Crippen molar-refractivity contribution in [3.8, 4) is 0 Å². The van der Waals surface area contributed by atoms with Crippen LogP contribution in [0.3, 0.4) is 0 Å². The van der Waals surface area contributed by atoms with E-state index < -0.39 is 5.60 Å². The number of nitrogens with two attached hydrogens (primary N) is 1. The highest BCUT2D eigenvalue weighted by molar-refractivity contribution is 5.67. The summed E-state index contributed by atoms with van der Waals surface area (Å²) in [6.45, 7) is 7.05. The molecule has 0 aliphatic rings. The number of unbranched alkanes of at least 4 members (excludes halogenated alkanes) is 2. The van der Waals surface area contributed by atoms with Crippen molar-refractivity contribution in [1.29, 1.82) is 0 Å². The predicted octanol–water partition coefficient (Wildman–Crippen LogP) is 1.98. The average Bonchev–Trinajstić information content (AvgIpc) is 2.09. The molecule has 4 nitrogen and oxygen atoms in total. The summed E-state index contributed by atoms with van der Waals surface area (Å²) in [6.07, 6.45) is 2.80. The fraction of sp³-hybridized carbons (Fsp3) is 0.909. The summed E-state index contributed by atoms with van der Waals surface area (Å²) >= 11 is 0. The van der Waals surface area contributed by atoms with Crippen LogP contribution < -0.4 is 5.73 Å². The first kappa shape index (κ1) is 14.2. The molecule has 0 aromatic heterocycles. The van der Waals surface area contributed by atoms with E-state index >= 15 is 0 Å². The predicted molar refractivity (Wildman–Crippen MR) is 61.8 cm³/mol. The molecule has 0 unspecified atom stereocenters. The molecule has 15 heavy (non-hydrogen) atoms. The number of amides is 1. The van der Waals surface area contributed by atoms with E-state index in [0.29, 0.717) is 0 Å². The number of hydrogen-bond donors (Lipinski definition) is 1. The van der Waals surface area contributed by atoms with Crippen molar-refractivity contribution in [2.75, 3.05) is 20.1 Å². The van der Waals surface area contributed by atoms with Crippen molar-refractivity contribution in [2.24, 2.45) is 5.73 Å². The Balaban J connectivity index is 3.70. The van der Waals surface area contributed by atoms with E-state index in [1.807, 2.05) is 20.8 Å². The topological polar surface area (TPSA) is 55.6 Å². The van der Waals surface area contributed by atoms with Crippen LogP contribution in [0.5, 0.6) is 0 Å². The lowest BCUT2D eigenvalue weighted by Crippen LogP contribution is -2.34. The summed E-state index contributed by atoms with van der Waals surface area (Å²) in [6, 6.07) is 0. The van der Waals surface area contributed by atoms with Crippen LogP contribution >= 0.6 is 0 Å². The zero-order valence-electron chi connectivity index (χ0n) is 10.4. The fourth-order valence-corrected chi connectivity index (χ4v) is 1.10. The van der Waals surface area contributed by atoms with Gasteiger partial charge in [0.05, 0.1) is 0 Å². The van der Waals surface area contributed by atoms with E-state index in [0.717, 1.165) is 32.4 Å². The van der Waals surface area contributed by atoms with Gasteiger partial charge in [-0.3, -0.25) is 0 Å². The molecule has 0 aliphatic heterocycles. The zero-order chi connectivity index (χ0) is 11.9. The molecule has 0 aromatic carbocycles. The minimum absolute atomic E-state index is 0.254. The fourth-order valence-electron chi connectivity index (χ4n) is 1.10. The van der Waals surface area contributed by atoms with E-state index in [9.17, 15) is 4.79 Å². The van der Waals surface area contributed by atoms with Gasteiger partial charge in [0.1, 0.15) is 5.60 Å². The minimum Gasteiger partial charge on any atom is -0.444 e. The third kappa shape index (κ3) is 8.24. The van der Waals surface area contributed by atoms with Crippen LogP contribution in [0.1, 0.15) is 40.0 Å². The molecule has 0 saturated carbocycles. The van der Waals surface area contributed by atoms with Gasteiger partial charge >= 0.3 is 6.09 Å². The highest BCUT2D eigenvalue weighted by Gasteiger charge is 2.18. The lowest BCUT2D eigenvalue weighted by atomic mass is 10.2. The summed E-state index contributed by atoms with van der Waals surface area (Å²) in [5.41, 5.74) is 4.97. The van der Waals surface area contributed by atoms with Crippen LogP contribution in [-0.2, 0) is 4.74 Å². The van der Waals surface area contributed by atoms with Crippen molar-refractivity contribution in [3.63, 3.8) is 0 Å². The Morgan fingerprint density at radius 2 is 1.87 bits per heavy atom. The number of carbonyl (C=O) groups excluding carboxylic acids is 1. The lowest BCUT2D eigenvalue weighted by molar-refractivity contribution is 0.0296. The Bertz CT molecular complexity index is 188. The van der Waals surface area contributed by atoms with Crippen LogP contribution in [0.25, 0.3) is 0 Å². The Labute approximate surface area is 92.8 Å². The molecular formula is C11H24N2O2. The molecule has 0 bridgehead atoms. The maximum atomic E-state index is 11.5. The third-order valence-corrected chi connectivity index (χ3v) is 1.90. The summed E-state index contributed by atoms with van der Waals surface area (Å²) in [5, 5.41) is 0. The number of nitrogens with zero attached hydrogens (tertiary/aromatic N) is 1. The van der Waals surface area contributed by atoms with Crippen molar-refractivity contribution >= 4 is 6.09 Å². The molecule has 0 rings (SSSR count). The maximum absolute atomic E-state index is 11.5. The summed E-state index contributed by atoms with van der Waals surface area (Å²) in [4.78, 5) is 13.1. The van der Waals surface area contributed by atoms with Gasteiger partial charge in [0.15, 0.2) is 0 Å². The van der Waals surface area contributed by atoms with Gasteiger partial charge in [-0.15, -0.1) is 0 Å². The molecule has 0 spiro atoms. The van der Waals surface area contributed by atoms with Crippen molar-refractivity contribution in [1.82, 2.24) is 4.90 Å². The Kier molecular flexibility index (Phi) is 6.32. The molecule has 0 heterocycles. The van der Waals surface area contributed by atoms with Gasteiger partial charge < -0.3 is 15.4 Å². The SMILES string of the molecule is CN(CCCCCN)C(=O)OC(C)(C)C. The van der Waals surface area contributed by atoms with Crippen molar-refractivity contribution < 1.29 is 9.53 Å². The van der Waals surface area contributed by atoms with Gasteiger partial charge in [-0.2, -0.15) is 0 Å². The summed E-state index contributed by atoms with van der Waals surface area (Å²) < 4.78 is 5.22. The number of carbonyl (C=O) groups is 1. The highest BCUT2D eigenvalue weighted by atomic mass is 16.6. The number of rotatable bonds is 5. The normalized spacial score (nSPS) is 11.3. The van der Waals surface area contributed by atoms with Crippen LogP contribution in [-0.4, -0.2) is 36.7 Å². The molecule has 4 heteroatoms.